The average Bonchev–Trinajstić information content (AvgIpc) is 2.68. The zero-order valence-corrected chi connectivity index (χ0v) is 9.25. The van der Waals surface area contributed by atoms with Gasteiger partial charge in [0.1, 0.15) is 0 Å². The van der Waals surface area contributed by atoms with Crippen LogP contribution in [0.4, 0.5) is 0 Å². The maximum atomic E-state index is 8.98. The van der Waals surface area contributed by atoms with Gasteiger partial charge in [-0.2, -0.15) is 5.26 Å². The van der Waals surface area contributed by atoms with Gasteiger partial charge in [-0.25, -0.2) is 0 Å². The van der Waals surface area contributed by atoms with Crippen molar-refractivity contribution in [3.05, 3.63) is 0 Å². The fourth-order valence-corrected chi connectivity index (χ4v) is 3.18. The normalized spacial score (nSPS) is 37.9. The molecule has 1 N–H and O–H groups in total. The number of nitriles is 1. The molecule has 78 valence electrons. The summed E-state index contributed by atoms with van der Waals surface area (Å²) in [6, 6.07) is 2.41. The Morgan fingerprint density at radius 1 is 1.50 bits per heavy atom. The van der Waals surface area contributed by atoms with Gasteiger partial charge in [0.05, 0.1) is 12.1 Å². The third-order valence-corrected chi connectivity index (χ3v) is 4.07. The molecule has 0 amide bonds. The van der Waals surface area contributed by atoms with Crippen LogP contribution in [-0.2, 0) is 0 Å². The van der Waals surface area contributed by atoms with E-state index in [4.69, 9.17) is 5.26 Å². The number of rotatable bonds is 1. The van der Waals surface area contributed by atoms with Crippen molar-refractivity contribution in [1.29, 1.82) is 5.26 Å². The van der Waals surface area contributed by atoms with Gasteiger partial charge in [0.25, 0.3) is 0 Å². The Hall–Kier alpha value is -0.590. The summed E-state index contributed by atoms with van der Waals surface area (Å²) in [5.41, 5.74) is 0.184. The first-order chi connectivity index (χ1) is 6.57. The highest BCUT2D eigenvalue weighted by Gasteiger charge is 2.50. The summed E-state index contributed by atoms with van der Waals surface area (Å²) in [4.78, 5) is 2.36. The SMILES string of the molecule is CC(C#N)N1CC2CNCC2C1(C)C. The Morgan fingerprint density at radius 2 is 2.21 bits per heavy atom. The minimum absolute atomic E-state index is 0.0515. The molecule has 0 radical (unpaired) electrons. The van der Waals surface area contributed by atoms with E-state index in [1.54, 1.807) is 0 Å². The van der Waals surface area contributed by atoms with E-state index in [-0.39, 0.29) is 11.6 Å². The van der Waals surface area contributed by atoms with Crippen LogP contribution in [0.5, 0.6) is 0 Å². The molecule has 2 aliphatic rings. The Kier molecular flexibility index (Phi) is 2.29. The van der Waals surface area contributed by atoms with Crippen LogP contribution in [0.25, 0.3) is 0 Å². The summed E-state index contributed by atoms with van der Waals surface area (Å²) in [6.45, 7) is 9.89. The second-order valence-electron chi connectivity index (χ2n) is 5.14. The molecule has 2 heterocycles. The minimum Gasteiger partial charge on any atom is -0.316 e. The number of fused-ring (bicyclic) bond motifs is 1. The van der Waals surface area contributed by atoms with Gasteiger partial charge >= 0.3 is 0 Å². The maximum absolute atomic E-state index is 8.98. The van der Waals surface area contributed by atoms with E-state index in [9.17, 15) is 0 Å². The number of hydrogen-bond acceptors (Lipinski definition) is 3. The minimum atomic E-state index is 0.0515. The molecular formula is C11H19N3. The molecule has 0 aromatic heterocycles. The molecule has 0 aliphatic carbocycles. The first-order valence-electron chi connectivity index (χ1n) is 5.44. The van der Waals surface area contributed by atoms with Crippen LogP contribution < -0.4 is 5.32 Å². The lowest BCUT2D eigenvalue weighted by atomic mass is 9.84. The molecule has 0 aromatic carbocycles. The summed E-state index contributed by atoms with van der Waals surface area (Å²) in [7, 11) is 0. The smallest absolute Gasteiger partial charge is 0.0953 e. The van der Waals surface area contributed by atoms with Crippen LogP contribution in [0.2, 0.25) is 0 Å². The summed E-state index contributed by atoms with van der Waals surface area (Å²) >= 11 is 0. The molecule has 0 bridgehead atoms. The molecule has 2 aliphatic heterocycles. The van der Waals surface area contributed by atoms with Gasteiger partial charge < -0.3 is 5.32 Å². The molecule has 3 heteroatoms. The van der Waals surface area contributed by atoms with Gasteiger partial charge in [0.15, 0.2) is 0 Å². The van der Waals surface area contributed by atoms with E-state index in [1.165, 1.54) is 0 Å². The second-order valence-corrected chi connectivity index (χ2v) is 5.14. The quantitative estimate of drug-likeness (QED) is 0.670. The monoisotopic (exact) mass is 193 g/mol. The lowest BCUT2D eigenvalue weighted by molar-refractivity contribution is 0.120. The van der Waals surface area contributed by atoms with Gasteiger partial charge in [-0.05, 0) is 39.2 Å². The molecule has 0 aromatic rings. The molecular weight excluding hydrogens is 174 g/mol. The summed E-state index contributed by atoms with van der Waals surface area (Å²) in [5.74, 6) is 1.47. The Labute approximate surface area is 86.1 Å². The van der Waals surface area contributed by atoms with Gasteiger partial charge in [-0.3, -0.25) is 4.90 Å². The topological polar surface area (TPSA) is 39.1 Å². The van der Waals surface area contributed by atoms with E-state index in [2.05, 4.69) is 30.1 Å². The number of nitrogens with one attached hydrogen (secondary N) is 1. The van der Waals surface area contributed by atoms with Crippen LogP contribution in [0, 0.1) is 23.2 Å². The Morgan fingerprint density at radius 3 is 2.79 bits per heavy atom. The van der Waals surface area contributed by atoms with Crippen molar-refractivity contribution in [2.75, 3.05) is 19.6 Å². The van der Waals surface area contributed by atoms with Gasteiger partial charge in [0.2, 0.25) is 0 Å². The highest BCUT2D eigenvalue weighted by molar-refractivity contribution is 5.08. The van der Waals surface area contributed by atoms with Crippen molar-refractivity contribution >= 4 is 0 Å². The molecule has 2 fully saturated rings. The highest BCUT2D eigenvalue weighted by atomic mass is 15.3. The molecule has 2 saturated heterocycles. The van der Waals surface area contributed by atoms with Crippen molar-refractivity contribution in [2.45, 2.75) is 32.4 Å². The van der Waals surface area contributed by atoms with Crippen LogP contribution in [-0.4, -0.2) is 36.1 Å². The third-order valence-electron chi connectivity index (χ3n) is 4.07. The lowest BCUT2D eigenvalue weighted by Crippen LogP contribution is -2.48. The first kappa shape index (κ1) is 9.95. The van der Waals surface area contributed by atoms with E-state index < -0.39 is 0 Å². The largest absolute Gasteiger partial charge is 0.316 e. The lowest BCUT2D eigenvalue weighted by Gasteiger charge is -2.37. The van der Waals surface area contributed by atoms with Crippen LogP contribution in [0.15, 0.2) is 0 Å². The summed E-state index contributed by atoms with van der Waals surface area (Å²) in [6.07, 6.45) is 0. The van der Waals surface area contributed by atoms with E-state index in [1.807, 2.05) is 6.92 Å². The molecule has 0 spiro atoms. The number of nitrogens with zero attached hydrogens (tertiary/aromatic N) is 2. The van der Waals surface area contributed by atoms with Crippen molar-refractivity contribution in [2.24, 2.45) is 11.8 Å². The standard InChI is InChI=1S/C11H19N3/c1-8(4-12)14-7-9-5-13-6-10(9)11(14,2)3/h8-10,13H,5-7H2,1-3H3. The van der Waals surface area contributed by atoms with Crippen LogP contribution in [0.3, 0.4) is 0 Å². The Bertz CT molecular complexity index is 266. The van der Waals surface area contributed by atoms with Crippen LogP contribution in [0.1, 0.15) is 20.8 Å². The van der Waals surface area contributed by atoms with Crippen molar-refractivity contribution in [3.63, 3.8) is 0 Å². The predicted molar refractivity (Wildman–Crippen MR) is 55.7 cm³/mol. The summed E-state index contributed by atoms with van der Waals surface area (Å²) in [5, 5.41) is 12.4. The summed E-state index contributed by atoms with van der Waals surface area (Å²) < 4.78 is 0. The maximum Gasteiger partial charge on any atom is 0.0953 e. The second kappa shape index (κ2) is 3.22. The third kappa shape index (κ3) is 1.25. The number of likely N-dealkylation sites (tertiary alicyclic amines) is 1. The van der Waals surface area contributed by atoms with Gasteiger partial charge in [0, 0.05) is 18.6 Å². The molecule has 3 nitrogen and oxygen atoms in total. The van der Waals surface area contributed by atoms with Crippen LogP contribution >= 0.6 is 0 Å². The Balaban J connectivity index is 2.20. The molecule has 14 heavy (non-hydrogen) atoms. The zero-order chi connectivity index (χ0) is 10.3. The number of hydrogen-bond donors (Lipinski definition) is 1. The van der Waals surface area contributed by atoms with Crippen molar-refractivity contribution < 1.29 is 0 Å². The van der Waals surface area contributed by atoms with Crippen molar-refractivity contribution in [3.8, 4) is 6.07 Å². The first-order valence-corrected chi connectivity index (χ1v) is 5.44. The highest BCUT2D eigenvalue weighted by Crippen LogP contribution is 2.41. The fourth-order valence-electron chi connectivity index (χ4n) is 3.18. The van der Waals surface area contributed by atoms with E-state index in [0.29, 0.717) is 0 Å². The van der Waals surface area contributed by atoms with E-state index in [0.717, 1.165) is 31.5 Å². The predicted octanol–water partition coefficient (Wildman–Crippen LogP) is 0.828. The van der Waals surface area contributed by atoms with Crippen molar-refractivity contribution in [1.82, 2.24) is 10.2 Å². The van der Waals surface area contributed by atoms with Gasteiger partial charge in [-0.1, -0.05) is 0 Å². The molecule has 3 unspecified atom stereocenters. The van der Waals surface area contributed by atoms with E-state index >= 15 is 0 Å². The fraction of sp³-hybridized carbons (Fsp3) is 0.909. The van der Waals surface area contributed by atoms with Gasteiger partial charge in [-0.15, -0.1) is 0 Å². The molecule has 3 atom stereocenters. The molecule has 2 rings (SSSR count). The molecule has 0 saturated carbocycles. The average molecular weight is 193 g/mol. The zero-order valence-electron chi connectivity index (χ0n) is 9.25.